The Morgan fingerprint density at radius 2 is 1.84 bits per heavy atom. The summed E-state index contributed by atoms with van der Waals surface area (Å²) in [6, 6.07) is 7.84. The number of sulfonamides is 1. The van der Waals surface area contributed by atoms with Crippen molar-refractivity contribution in [2.45, 2.75) is 24.3 Å². The molecule has 168 valence electrons. The Kier molecular flexibility index (Phi) is 6.66. The summed E-state index contributed by atoms with van der Waals surface area (Å²) >= 11 is 5.95. The van der Waals surface area contributed by atoms with Gasteiger partial charge in [-0.15, -0.1) is 0 Å². The predicted molar refractivity (Wildman–Crippen MR) is 118 cm³/mol. The van der Waals surface area contributed by atoms with Crippen molar-refractivity contribution in [3.05, 3.63) is 47.2 Å². The Labute approximate surface area is 188 Å². The number of rotatable bonds is 5. The third kappa shape index (κ3) is 5.11. The largest absolute Gasteiger partial charge is 0.340 e. The van der Waals surface area contributed by atoms with E-state index in [0.717, 1.165) is 31.1 Å². The Morgan fingerprint density at radius 3 is 2.48 bits per heavy atom. The lowest BCUT2D eigenvalue weighted by molar-refractivity contribution is -0.138. The third-order valence-corrected chi connectivity index (χ3v) is 8.13. The molecule has 0 N–H and O–H groups in total. The summed E-state index contributed by atoms with van der Waals surface area (Å²) in [7, 11) is -1.93. The van der Waals surface area contributed by atoms with Crippen LogP contribution in [0.15, 0.2) is 41.6 Å². The van der Waals surface area contributed by atoms with Gasteiger partial charge in [-0.2, -0.15) is 9.40 Å². The highest BCUT2D eigenvalue weighted by molar-refractivity contribution is 7.89. The molecule has 0 unspecified atom stereocenters. The number of benzene rings is 1. The SMILES string of the molecule is Cn1cc(S(=O)(=O)N2CCC[C@@H](C(=O)N3CCN(Cc4ccc(Cl)cc4)CC3)C2)cn1. The van der Waals surface area contributed by atoms with Gasteiger partial charge >= 0.3 is 0 Å². The van der Waals surface area contributed by atoms with E-state index < -0.39 is 10.0 Å². The van der Waals surface area contributed by atoms with Crippen LogP contribution in [0.25, 0.3) is 0 Å². The maximum Gasteiger partial charge on any atom is 0.246 e. The molecule has 10 heteroatoms. The fourth-order valence-electron chi connectivity index (χ4n) is 4.28. The highest BCUT2D eigenvalue weighted by Crippen LogP contribution is 2.25. The molecule has 1 amide bonds. The average Bonchev–Trinajstić information content (AvgIpc) is 3.23. The summed E-state index contributed by atoms with van der Waals surface area (Å²) in [6.45, 7) is 4.45. The van der Waals surface area contributed by atoms with E-state index in [9.17, 15) is 13.2 Å². The second-order valence-electron chi connectivity index (χ2n) is 8.28. The second kappa shape index (κ2) is 9.28. The topological polar surface area (TPSA) is 78.8 Å². The van der Waals surface area contributed by atoms with Crippen LogP contribution in [0, 0.1) is 5.92 Å². The van der Waals surface area contributed by atoms with E-state index in [1.165, 1.54) is 26.9 Å². The Bertz CT molecular complexity index is 1020. The fraction of sp³-hybridized carbons (Fsp3) is 0.524. The first kappa shape index (κ1) is 22.3. The molecule has 0 saturated carbocycles. The predicted octanol–water partition coefficient (Wildman–Crippen LogP) is 1.82. The van der Waals surface area contributed by atoms with Crippen LogP contribution in [0.2, 0.25) is 5.02 Å². The summed E-state index contributed by atoms with van der Waals surface area (Å²) in [4.78, 5) is 17.5. The maximum absolute atomic E-state index is 13.1. The van der Waals surface area contributed by atoms with Crippen LogP contribution < -0.4 is 0 Å². The van der Waals surface area contributed by atoms with Crippen molar-refractivity contribution in [3.63, 3.8) is 0 Å². The van der Waals surface area contributed by atoms with Gasteiger partial charge in [0.2, 0.25) is 15.9 Å². The van der Waals surface area contributed by atoms with E-state index in [4.69, 9.17) is 11.6 Å². The third-order valence-electron chi connectivity index (χ3n) is 6.06. The lowest BCUT2D eigenvalue weighted by Crippen LogP contribution is -2.52. The molecule has 0 aliphatic carbocycles. The van der Waals surface area contributed by atoms with E-state index in [1.807, 2.05) is 29.2 Å². The molecule has 1 atom stereocenters. The van der Waals surface area contributed by atoms with E-state index in [1.54, 1.807) is 7.05 Å². The second-order valence-corrected chi connectivity index (χ2v) is 10.7. The maximum atomic E-state index is 13.1. The number of piperazine rings is 1. The lowest BCUT2D eigenvalue weighted by atomic mass is 9.97. The number of piperidine rings is 1. The van der Waals surface area contributed by atoms with Crippen molar-refractivity contribution in [1.29, 1.82) is 0 Å². The molecule has 3 heterocycles. The van der Waals surface area contributed by atoms with Crippen LogP contribution in [0.1, 0.15) is 18.4 Å². The molecule has 2 aliphatic rings. The molecular weight excluding hydrogens is 438 g/mol. The number of halogens is 1. The van der Waals surface area contributed by atoms with Crippen molar-refractivity contribution in [2.24, 2.45) is 13.0 Å². The molecule has 0 radical (unpaired) electrons. The fourth-order valence-corrected chi connectivity index (χ4v) is 5.91. The van der Waals surface area contributed by atoms with Crippen LogP contribution in [0.4, 0.5) is 0 Å². The number of hydrogen-bond acceptors (Lipinski definition) is 5. The minimum atomic E-state index is -3.62. The summed E-state index contributed by atoms with van der Waals surface area (Å²) in [5.74, 6) is -0.222. The summed E-state index contributed by atoms with van der Waals surface area (Å²) in [5.41, 5.74) is 1.20. The number of carbonyl (C=O) groups excluding carboxylic acids is 1. The monoisotopic (exact) mass is 465 g/mol. The van der Waals surface area contributed by atoms with Gasteiger partial charge in [0.15, 0.2) is 0 Å². The van der Waals surface area contributed by atoms with E-state index in [-0.39, 0.29) is 23.3 Å². The van der Waals surface area contributed by atoms with Crippen molar-refractivity contribution in [1.82, 2.24) is 23.9 Å². The van der Waals surface area contributed by atoms with Crippen LogP contribution >= 0.6 is 11.6 Å². The number of nitrogens with zero attached hydrogens (tertiary/aromatic N) is 5. The minimum Gasteiger partial charge on any atom is -0.340 e. The van der Waals surface area contributed by atoms with Gasteiger partial charge in [0.05, 0.1) is 12.1 Å². The van der Waals surface area contributed by atoms with Gasteiger partial charge in [-0.05, 0) is 30.5 Å². The molecule has 1 aromatic heterocycles. The number of amides is 1. The quantitative estimate of drug-likeness (QED) is 0.673. The lowest BCUT2D eigenvalue weighted by Gasteiger charge is -2.38. The first-order valence-corrected chi connectivity index (χ1v) is 12.4. The average molecular weight is 466 g/mol. The Morgan fingerprint density at radius 1 is 1.13 bits per heavy atom. The highest BCUT2D eigenvalue weighted by Gasteiger charge is 2.36. The molecule has 1 aromatic carbocycles. The van der Waals surface area contributed by atoms with Gasteiger partial charge in [-0.3, -0.25) is 14.4 Å². The first-order valence-electron chi connectivity index (χ1n) is 10.6. The molecule has 8 nitrogen and oxygen atoms in total. The van der Waals surface area contributed by atoms with Gasteiger partial charge < -0.3 is 4.90 Å². The molecular formula is C21H28ClN5O3S. The molecule has 2 aromatic rings. The van der Waals surface area contributed by atoms with Gasteiger partial charge in [0.1, 0.15) is 4.90 Å². The minimum absolute atomic E-state index is 0.0669. The normalized spacial score (nSPS) is 21.4. The van der Waals surface area contributed by atoms with E-state index >= 15 is 0 Å². The van der Waals surface area contributed by atoms with Crippen molar-refractivity contribution in [2.75, 3.05) is 39.3 Å². The van der Waals surface area contributed by atoms with Crippen LogP contribution in [-0.4, -0.2) is 77.5 Å². The van der Waals surface area contributed by atoms with Crippen molar-refractivity contribution < 1.29 is 13.2 Å². The smallest absolute Gasteiger partial charge is 0.246 e. The number of hydrogen-bond donors (Lipinski definition) is 0. The standard InChI is InChI=1S/C21H28ClN5O3S/c1-24-16-20(13-23-24)31(29,30)27-8-2-3-18(15-27)21(28)26-11-9-25(10-12-26)14-17-4-6-19(22)7-5-17/h4-7,13,16,18H,2-3,8-12,14-15H2,1H3/t18-/m1/s1. The van der Waals surface area contributed by atoms with E-state index in [2.05, 4.69) is 10.00 Å². The van der Waals surface area contributed by atoms with Crippen molar-refractivity contribution in [3.8, 4) is 0 Å². The van der Waals surface area contributed by atoms with E-state index in [0.29, 0.717) is 26.1 Å². The molecule has 31 heavy (non-hydrogen) atoms. The number of carbonyl (C=O) groups is 1. The molecule has 0 bridgehead atoms. The summed E-state index contributed by atoms with van der Waals surface area (Å²) < 4.78 is 28.7. The zero-order chi connectivity index (χ0) is 22.0. The van der Waals surface area contributed by atoms with Crippen LogP contribution in [-0.2, 0) is 28.4 Å². The Hall–Kier alpha value is -1.94. The van der Waals surface area contributed by atoms with Gasteiger partial charge in [0, 0.05) is 64.1 Å². The zero-order valence-corrected chi connectivity index (χ0v) is 19.2. The molecule has 4 rings (SSSR count). The molecule has 2 fully saturated rings. The van der Waals surface area contributed by atoms with Crippen LogP contribution in [0.5, 0.6) is 0 Å². The van der Waals surface area contributed by atoms with Gasteiger partial charge in [0.25, 0.3) is 0 Å². The molecule has 2 aliphatic heterocycles. The van der Waals surface area contributed by atoms with Gasteiger partial charge in [-0.25, -0.2) is 8.42 Å². The number of aromatic nitrogens is 2. The number of aryl methyl sites for hydroxylation is 1. The summed E-state index contributed by atoms with van der Waals surface area (Å²) in [6.07, 6.45) is 4.27. The molecule has 2 saturated heterocycles. The van der Waals surface area contributed by atoms with Crippen LogP contribution in [0.3, 0.4) is 0 Å². The Balaban J connectivity index is 1.33. The zero-order valence-electron chi connectivity index (χ0n) is 17.7. The van der Waals surface area contributed by atoms with Crippen molar-refractivity contribution >= 4 is 27.5 Å². The highest BCUT2D eigenvalue weighted by atomic mass is 35.5. The first-order chi connectivity index (χ1) is 14.8. The summed E-state index contributed by atoms with van der Waals surface area (Å²) in [5, 5.41) is 4.70. The molecule has 0 spiro atoms. The van der Waals surface area contributed by atoms with Gasteiger partial charge in [-0.1, -0.05) is 23.7 Å².